The van der Waals surface area contributed by atoms with Crippen molar-refractivity contribution in [1.82, 2.24) is 40.1 Å². The first-order valence-electron chi connectivity index (χ1n) is 11.3. The van der Waals surface area contributed by atoms with Gasteiger partial charge in [0.2, 0.25) is 0 Å². The maximum atomic E-state index is 8.52. The molecule has 0 aliphatic carbocycles. The van der Waals surface area contributed by atoms with Crippen LogP contribution in [0.25, 0.3) is 22.1 Å². The quantitative estimate of drug-likeness (QED) is 0.0933. The summed E-state index contributed by atoms with van der Waals surface area (Å²) in [5.74, 6) is 0. The molecule has 212 valence electrons. The molecule has 39 heavy (non-hydrogen) atoms. The summed E-state index contributed by atoms with van der Waals surface area (Å²) in [7, 11) is 10.1. The molecule has 2 aromatic carbocycles. The molecular weight excluding hydrogens is 532 g/mol. The molecule has 0 unspecified atom stereocenters. The minimum Gasteiger partial charge on any atom is -0.759 e. The molecule has 0 aliphatic heterocycles. The molecule has 2 heterocycles. The molecule has 2 aromatic heterocycles. The second-order valence-corrected chi connectivity index (χ2v) is 9.45. The Labute approximate surface area is 226 Å². The maximum Gasteiger partial charge on any atom is 0.471 e. The molecule has 0 saturated carbocycles. The lowest BCUT2D eigenvalue weighted by atomic mass is 10.3. The number of aromatic nitrogens is 6. The average molecular weight is 565 g/mol. The summed E-state index contributed by atoms with van der Waals surface area (Å²) >= 11 is 0. The molecule has 0 atom stereocenters. The summed E-state index contributed by atoms with van der Waals surface area (Å²) in [6, 6.07) is 16.7. The van der Waals surface area contributed by atoms with Crippen LogP contribution in [-0.2, 0) is 10.4 Å². The Balaban J connectivity index is 0.000000234. The molecule has 4 rings (SSSR count). The molecule has 0 radical (unpaired) electrons. The first-order chi connectivity index (χ1) is 18.2. The highest BCUT2D eigenvalue weighted by Crippen LogP contribution is 2.09. The van der Waals surface area contributed by atoms with Gasteiger partial charge in [0.25, 0.3) is 0 Å². The predicted octanol–water partition coefficient (Wildman–Crippen LogP) is -1.24. The van der Waals surface area contributed by atoms with Crippen molar-refractivity contribution < 1.29 is 36.3 Å². The molecule has 4 aromatic rings. The summed E-state index contributed by atoms with van der Waals surface area (Å²) in [5, 5.41) is 16.0. The lowest BCUT2D eigenvalue weighted by molar-refractivity contribution is -0.480. The predicted molar refractivity (Wildman–Crippen MR) is 140 cm³/mol. The largest absolute Gasteiger partial charge is 0.759 e. The normalized spacial score (nSPS) is 10.5. The second kappa shape index (κ2) is 13.4. The van der Waals surface area contributed by atoms with Crippen molar-refractivity contribution in [3.8, 4) is 0 Å². The maximum absolute atomic E-state index is 8.52. The number of amidine groups is 2. The van der Waals surface area contributed by atoms with Gasteiger partial charge in [-0.15, -0.1) is 10.2 Å². The van der Waals surface area contributed by atoms with E-state index in [2.05, 4.69) is 20.6 Å². The number of hydrogen-bond acceptors (Lipinski definition) is 10. The van der Waals surface area contributed by atoms with Gasteiger partial charge in [-0.25, -0.2) is 19.0 Å². The lowest BCUT2D eigenvalue weighted by Gasteiger charge is -2.10. The number of nitrogens with zero attached hydrogens (tertiary/aromatic N) is 10. The van der Waals surface area contributed by atoms with Crippen LogP contribution in [-0.4, -0.2) is 135 Å². The molecule has 0 bridgehead atoms. The first-order valence-corrected chi connectivity index (χ1v) is 12.6. The van der Waals surface area contributed by atoms with Gasteiger partial charge < -0.3 is 9.11 Å². The van der Waals surface area contributed by atoms with Crippen molar-refractivity contribution in [3.63, 3.8) is 0 Å². The molecule has 0 aliphatic rings. The molecule has 0 fully saturated rings. The summed E-state index contributed by atoms with van der Waals surface area (Å²) < 4.78 is 37.8. The van der Waals surface area contributed by atoms with Crippen LogP contribution in [0.15, 0.2) is 48.5 Å². The van der Waals surface area contributed by atoms with Crippen LogP contribution in [0.3, 0.4) is 0 Å². The van der Waals surface area contributed by atoms with Gasteiger partial charge >= 0.3 is 12.0 Å². The zero-order valence-corrected chi connectivity index (χ0v) is 23.8. The van der Waals surface area contributed by atoms with Crippen LogP contribution in [0.1, 0.15) is 0 Å². The third kappa shape index (κ3) is 9.47. The Morgan fingerprint density at radius 3 is 1.31 bits per heavy atom. The van der Waals surface area contributed by atoms with E-state index >= 15 is 0 Å². The van der Waals surface area contributed by atoms with Crippen molar-refractivity contribution in [2.75, 3.05) is 56.4 Å². The molecule has 0 spiro atoms. The molecule has 16 nitrogen and oxygen atoms in total. The van der Waals surface area contributed by atoms with Crippen LogP contribution in [0.4, 0.5) is 0 Å². The molecule has 0 N–H and O–H groups in total. The van der Waals surface area contributed by atoms with Crippen LogP contribution in [0.2, 0.25) is 0 Å². The van der Waals surface area contributed by atoms with Gasteiger partial charge in [0.1, 0.15) is 22.1 Å². The number of fused-ring (bicyclic) bond motifs is 2. The van der Waals surface area contributed by atoms with E-state index in [1.54, 1.807) is 0 Å². The molecule has 0 amide bonds. The highest BCUT2D eigenvalue weighted by molar-refractivity contribution is 7.79. The molecule has 17 heteroatoms. The van der Waals surface area contributed by atoms with E-state index in [-0.39, 0.29) is 0 Å². The SMILES string of the molecule is CN(C)C(On1nnc2ccccc21)=[N+](C)C.CN(C)C(On1nnc2ccccc21)=[N+](C)C.O=S(=O)([O-])[O-]. The standard InChI is InChI=1S/2C11H16N5O.H2O4S/c2*1-14(2)11(15(3)4)17-16-10-8-6-5-7-9(10)12-13-16;1-5(2,3)4/h2*5-8H,1-4H3;(H2,1,2,3,4)/q2*+1;/p-2. The van der Waals surface area contributed by atoms with Crippen LogP contribution in [0.5, 0.6) is 0 Å². The fourth-order valence-corrected chi connectivity index (χ4v) is 3.11. The van der Waals surface area contributed by atoms with Gasteiger partial charge in [0.05, 0.1) is 56.4 Å². The average Bonchev–Trinajstić information content (AvgIpc) is 3.43. The monoisotopic (exact) mass is 564 g/mol. The van der Waals surface area contributed by atoms with E-state index in [4.69, 9.17) is 27.2 Å². The van der Waals surface area contributed by atoms with Gasteiger partial charge in [0, 0.05) is 10.4 Å². The van der Waals surface area contributed by atoms with Crippen LogP contribution >= 0.6 is 0 Å². The van der Waals surface area contributed by atoms with E-state index < -0.39 is 10.4 Å². The van der Waals surface area contributed by atoms with Gasteiger partial charge in [0.15, 0.2) is 0 Å². The van der Waals surface area contributed by atoms with Crippen molar-refractivity contribution in [2.45, 2.75) is 0 Å². The van der Waals surface area contributed by atoms with Crippen molar-refractivity contribution in [3.05, 3.63) is 48.5 Å². The minimum absolute atomic E-state index is 0.681. The summed E-state index contributed by atoms with van der Waals surface area (Å²) in [4.78, 5) is 18.0. The van der Waals surface area contributed by atoms with Gasteiger partial charge in [-0.1, -0.05) is 34.0 Å². The molecule has 0 saturated heterocycles. The van der Waals surface area contributed by atoms with E-state index in [1.165, 1.54) is 9.69 Å². The Kier molecular flexibility index (Phi) is 10.6. The third-order valence-corrected chi connectivity index (χ3v) is 4.51. The van der Waals surface area contributed by atoms with E-state index in [1.807, 2.05) is 124 Å². The zero-order valence-electron chi connectivity index (χ0n) is 22.9. The van der Waals surface area contributed by atoms with E-state index in [0.29, 0.717) is 12.0 Å². The summed E-state index contributed by atoms with van der Waals surface area (Å²) in [5.41, 5.74) is 3.30. The summed E-state index contributed by atoms with van der Waals surface area (Å²) in [6.07, 6.45) is 0. The van der Waals surface area contributed by atoms with Crippen molar-refractivity contribution >= 4 is 44.5 Å². The highest BCUT2D eigenvalue weighted by atomic mass is 32.3. The zero-order chi connectivity index (χ0) is 29.3. The Hall–Kier alpha value is -4.35. The Bertz CT molecular complexity index is 1440. The Morgan fingerprint density at radius 1 is 0.718 bits per heavy atom. The first kappa shape index (κ1) is 30.9. The number of benzene rings is 2. The third-order valence-electron chi connectivity index (χ3n) is 4.51. The fraction of sp³-hybridized carbons (Fsp3) is 0.364. The van der Waals surface area contributed by atoms with Gasteiger partial charge in [-0.2, -0.15) is 0 Å². The van der Waals surface area contributed by atoms with Gasteiger partial charge in [-0.05, 0) is 34.7 Å². The van der Waals surface area contributed by atoms with E-state index in [9.17, 15) is 0 Å². The molecular formula is C22H32N10O6S. The number of hydrogen-bond donors (Lipinski definition) is 0. The summed E-state index contributed by atoms with van der Waals surface area (Å²) in [6.45, 7) is 0. The van der Waals surface area contributed by atoms with Crippen molar-refractivity contribution in [2.24, 2.45) is 0 Å². The smallest absolute Gasteiger partial charge is 0.471 e. The lowest BCUT2D eigenvalue weighted by Crippen LogP contribution is -2.39. The topological polar surface area (TPSA) is 173 Å². The highest BCUT2D eigenvalue weighted by Gasteiger charge is 2.18. The number of para-hydroxylation sites is 2. The van der Waals surface area contributed by atoms with Crippen molar-refractivity contribution in [1.29, 1.82) is 0 Å². The van der Waals surface area contributed by atoms with Gasteiger partial charge in [-0.3, -0.25) is 18.1 Å². The minimum atomic E-state index is -5.17. The fourth-order valence-electron chi connectivity index (χ4n) is 3.11. The van der Waals surface area contributed by atoms with Crippen LogP contribution in [0, 0.1) is 0 Å². The second-order valence-electron chi connectivity index (χ2n) is 8.64. The Morgan fingerprint density at radius 2 is 1.03 bits per heavy atom. The number of rotatable bonds is 2. The van der Waals surface area contributed by atoms with Crippen LogP contribution < -0.4 is 9.68 Å². The van der Waals surface area contributed by atoms with E-state index in [0.717, 1.165) is 22.1 Å².